The van der Waals surface area contributed by atoms with Crippen LogP contribution >= 0.6 is 23.2 Å². The average Bonchev–Trinajstić information content (AvgIpc) is 2.75. The first kappa shape index (κ1) is 23.4. The van der Waals surface area contributed by atoms with Crippen LogP contribution in [0.5, 0.6) is 6.01 Å². The lowest BCUT2D eigenvalue weighted by atomic mass is 10.0. The van der Waals surface area contributed by atoms with Crippen LogP contribution in [0.2, 0.25) is 10.0 Å². The summed E-state index contributed by atoms with van der Waals surface area (Å²) in [7, 11) is 0. The van der Waals surface area contributed by atoms with Crippen molar-refractivity contribution in [2.45, 2.75) is 12.3 Å². The van der Waals surface area contributed by atoms with Crippen molar-refractivity contribution in [3.05, 3.63) is 69.7 Å². The van der Waals surface area contributed by atoms with Crippen LogP contribution in [-0.4, -0.2) is 28.9 Å². The minimum Gasteiger partial charge on any atom is -0.374 e. The summed E-state index contributed by atoms with van der Waals surface area (Å²) in [6.07, 6.45) is 0.0736. The van der Waals surface area contributed by atoms with Crippen LogP contribution in [-0.2, 0) is 17.1 Å². The second-order valence-electron chi connectivity index (χ2n) is 6.51. The third kappa shape index (κ3) is 5.89. The second kappa shape index (κ2) is 9.88. The molecule has 11 heteroatoms. The molecular formula is C21H15Cl2F2N4O3. The van der Waals surface area contributed by atoms with Crippen LogP contribution in [0, 0.1) is 0 Å². The SMILES string of the molecule is NC(=O)Oc1nc(NCCc2ccc(Cl)cc2Cl)cc(-c2cccc(C(F)(F)[C]=O)c2)n1. The van der Waals surface area contributed by atoms with Crippen LogP contribution in [0.3, 0.4) is 0 Å². The molecule has 0 aliphatic carbocycles. The molecule has 0 fully saturated rings. The molecule has 165 valence electrons. The van der Waals surface area contributed by atoms with E-state index in [-0.39, 0.29) is 23.1 Å². The van der Waals surface area contributed by atoms with Crippen molar-refractivity contribution >= 4 is 41.4 Å². The molecule has 7 nitrogen and oxygen atoms in total. The highest BCUT2D eigenvalue weighted by Crippen LogP contribution is 2.30. The molecule has 0 atom stereocenters. The first-order valence-electron chi connectivity index (χ1n) is 9.10. The summed E-state index contributed by atoms with van der Waals surface area (Å²) in [6, 6.07) is 11.2. The van der Waals surface area contributed by atoms with E-state index in [1.54, 1.807) is 18.2 Å². The number of rotatable bonds is 8. The number of hydrogen-bond donors (Lipinski definition) is 2. The van der Waals surface area contributed by atoms with Gasteiger partial charge in [0.05, 0.1) is 5.69 Å². The van der Waals surface area contributed by atoms with E-state index in [9.17, 15) is 18.4 Å². The monoisotopic (exact) mass is 479 g/mol. The van der Waals surface area contributed by atoms with Crippen LogP contribution < -0.4 is 15.8 Å². The minimum absolute atomic E-state index is 0.159. The van der Waals surface area contributed by atoms with Crippen molar-refractivity contribution in [3.63, 3.8) is 0 Å². The van der Waals surface area contributed by atoms with Crippen LogP contribution in [0.25, 0.3) is 11.3 Å². The Balaban J connectivity index is 1.87. The number of halogens is 4. The molecule has 2 aromatic carbocycles. The summed E-state index contributed by atoms with van der Waals surface area (Å²) in [5, 5.41) is 4.05. The van der Waals surface area contributed by atoms with Gasteiger partial charge in [-0.1, -0.05) is 47.5 Å². The lowest BCUT2D eigenvalue weighted by Crippen LogP contribution is -2.18. The molecule has 0 aliphatic rings. The number of nitrogens with one attached hydrogen (secondary N) is 1. The van der Waals surface area contributed by atoms with Crippen molar-refractivity contribution < 1.29 is 23.1 Å². The molecule has 3 rings (SSSR count). The summed E-state index contributed by atoms with van der Waals surface area (Å²) in [5.41, 5.74) is 5.71. The third-order valence-electron chi connectivity index (χ3n) is 4.26. The molecule has 0 saturated heterocycles. The molecule has 32 heavy (non-hydrogen) atoms. The minimum atomic E-state index is -3.78. The number of amides is 1. The Bertz CT molecular complexity index is 1160. The van der Waals surface area contributed by atoms with Gasteiger partial charge < -0.3 is 15.8 Å². The number of benzene rings is 2. The first-order valence-corrected chi connectivity index (χ1v) is 9.86. The van der Waals surface area contributed by atoms with Crippen LogP contribution in [0.1, 0.15) is 11.1 Å². The van der Waals surface area contributed by atoms with Gasteiger partial charge in [0.15, 0.2) is 0 Å². The zero-order valence-electron chi connectivity index (χ0n) is 16.2. The van der Waals surface area contributed by atoms with E-state index < -0.39 is 17.6 Å². The maximum absolute atomic E-state index is 13.7. The largest absolute Gasteiger partial charge is 0.412 e. The van der Waals surface area contributed by atoms with E-state index in [2.05, 4.69) is 15.3 Å². The van der Waals surface area contributed by atoms with E-state index in [1.807, 2.05) is 0 Å². The molecule has 1 aromatic heterocycles. The highest BCUT2D eigenvalue weighted by Gasteiger charge is 2.32. The topological polar surface area (TPSA) is 107 Å². The third-order valence-corrected chi connectivity index (χ3v) is 4.85. The number of anilines is 1. The van der Waals surface area contributed by atoms with Gasteiger partial charge in [0, 0.05) is 33.8 Å². The zero-order valence-corrected chi connectivity index (χ0v) is 17.8. The molecule has 0 aliphatic heterocycles. The van der Waals surface area contributed by atoms with Crippen molar-refractivity contribution in [1.29, 1.82) is 0 Å². The van der Waals surface area contributed by atoms with Gasteiger partial charge in [-0.3, -0.25) is 4.79 Å². The standard InChI is InChI=1S/C21H15Cl2F2N4O3/c22-15-5-4-12(16(23)9-15)6-7-27-18-10-17(28-20(29-18)32-19(26)31)13-2-1-3-14(8-13)21(24,25)11-30/h1-5,8-10H,6-7H2,(H2,26,31)(H,27,28,29). The van der Waals surface area contributed by atoms with Gasteiger partial charge in [-0.2, -0.15) is 18.7 Å². The molecule has 0 unspecified atom stereocenters. The Kier molecular flexibility index (Phi) is 7.22. The smallest absolute Gasteiger partial charge is 0.374 e. The number of nitrogens with two attached hydrogens (primary N) is 1. The van der Waals surface area contributed by atoms with Crippen LogP contribution in [0.4, 0.5) is 19.4 Å². The van der Waals surface area contributed by atoms with Gasteiger partial charge in [-0.25, -0.2) is 4.79 Å². The lowest BCUT2D eigenvalue weighted by molar-refractivity contribution is 0.0723. The fourth-order valence-electron chi connectivity index (χ4n) is 2.78. The summed E-state index contributed by atoms with van der Waals surface area (Å²) >= 11 is 12.1. The molecule has 3 N–H and O–H groups in total. The number of primary amides is 1. The number of carbonyl (C=O) groups excluding carboxylic acids is 2. The van der Waals surface area contributed by atoms with Gasteiger partial charge in [-0.15, -0.1) is 0 Å². The molecule has 0 bridgehead atoms. The average molecular weight is 480 g/mol. The van der Waals surface area contributed by atoms with Crippen molar-refractivity contribution in [2.24, 2.45) is 5.73 Å². The molecule has 1 amide bonds. The highest BCUT2D eigenvalue weighted by atomic mass is 35.5. The van der Waals surface area contributed by atoms with Gasteiger partial charge in [-0.05, 0) is 30.2 Å². The van der Waals surface area contributed by atoms with E-state index in [1.165, 1.54) is 18.2 Å². The van der Waals surface area contributed by atoms with Gasteiger partial charge in [0.2, 0.25) is 0 Å². The van der Waals surface area contributed by atoms with Gasteiger partial charge in [0.1, 0.15) is 5.82 Å². The Morgan fingerprint density at radius 3 is 2.62 bits per heavy atom. The van der Waals surface area contributed by atoms with Crippen molar-refractivity contribution in [3.8, 4) is 17.3 Å². The van der Waals surface area contributed by atoms with Crippen molar-refractivity contribution in [2.75, 3.05) is 11.9 Å². The molecule has 0 saturated carbocycles. The Morgan fingerprint density at radius 2 is 1.94 bits per heavy atom. The molecule has 1 radical (unpaired) electrons. The van der Waals surface area contributed by atoms with Gasteiger partial charge in [0.25, 0.3) is 6.29 Å². The Morgan fingerprint density at radius 1 is 1.16 bits per heavy atom. The highest BCUT2D eigenvalue weighted by molar-refractivity contribution is 6.35. The molecule has 0 spiro atoms. The van der Waals surface area contributed by atoms with E-state index in [0.717, 1.165) is 17.7 Å². The zero-order chi connectivity index (χ0) is 23.3. The van der Waals surface area contributed by atoms with Crippen LogP contribution in [0.15, 0.2) is 48.5 Å². The molecule has 3 aromatic rings. The summed E-state index contributed by atoms with van der Waals surface area (Å²) < 4.78 is 32.2. The number of nitrogens with zero attached hydrogens (tertiary/aromatic N) is 2. The van der Waals surface area contributed by atoms with E-state index >= 15 is 0 Å². The Labute approximate surface area is 191 Å². The fourth-order valence-corrected chi connectivity index (χ4v) is 3.28. The Hall–Kier alpha value is -3.30. The van der Waals surface area contributed by atoms with Crippen molar-refractivity contribution in [1.82, 2.24) is 9.97 Å². The predicted molar refractivity (Wildman–Crippen MR) is 116 cm³/mol. The summed E-state index contributed by atoms with van der Waals surface area (Å²) in [5.74, 6) is -3.54. The number of hydrogen-bond acceptors (Lipinski definition) is 6. The van der Waals surface area contributed by atoms with E-state index in [0.29, 0.717) is 29.3 Å². The fraction of sp³-hybridized carbons (Fsp3) is 0.143. The first-order chi connectivity index (χ1) is 15.2. The summed E-state index contributed by atoms with van der Waals surface area (Å²) in [4.78, 5) is 29.8. The summed E-state index contributed by atoms with van der Waals surface area (Å²) in [6.45, 7) is 0.381. The number of carbonyl (C=O) groups is 1. The lowest BCUT2D eigenvalue weighted by Gasteiger charge is -2.12. The predicted octanol–water partition coefficient (Wildman–Crippen LogP) is 4.76. The van der Waals surface area contributed by atoms with Gasteiger partial charge >= 0.3 is 18.0 Å². The maximum atomic E-state index is 13.7. The second-order valence-corrected chi connectivity index (χ2v) is 7.36. The number of alkyl halides is 2. The molecule has 1 heterocycles. The van der Waals surface area contributed by atoms with E-state index in [4.69, 9.17) is 33.7 Å². The maximum Gasteiger partial charge on any atom is 0.412 e. The normalized spacial score (nSPS) is 11.1. The number of ether oxygens (including phenoxy) is 1. The number of aromatic nitrogens is 2. The quantitative estimate of drug-likeness (QED) is 0.482. The molecular weight excluding hydrogens is 465 g/mol.